The Bertz CT molecular complexity index is 1040. The molecule has 0 bridgehead atoms. The molecule has 1 saturated heterocycles. The van der Waals surface area contributed by atoms with Gasteiger partial charge in [-0.15, -0.1) is 16.4 Å². The van der Waals surface area contributed by atoms with Crippen molar-refractivity contribution in [3.05, 3.63) is 52.2 Å². The molecule has 0 radical (unpaired) electrons. The number of likely N-dealkylation sites (tertiary alicyclic amines) is 1. The molecule has 1 aliphatic heterocycles. The summed E-state index contributed by atoms with van der Waals surface area (Å²) < 4.78 is 15.5. The maximum Gasteiger partial charge on any atom is 0.247 e. The van der Waals surface area contributed by atoms with Crippen LogP contribution in [0.15, 0.2) is 35.7 Å². The molecule has 3 aromatic rings. The zero-order valence-corrected chi connectivity index (χ0v) is 16.5. The van der Waals surface area contributed by atoms with Crippen LogP contribution in [0.4, 0.5) is 10.1 Å². The fourth-order valence-corrected chi connectivity index (χ4v) is 4.13. The van der Waals surface area contributed by atoms with Gasteiger partial charge in [0.1, 0.15) is 17.5 Å². The van der Waals surface area contributed by atoms with E-state index in [1.165, 1.54) is 34.2 Å². The van der Waals surface area contributed by atoms with Crippen LogP contribution in [-0.2, 0) is 16.0 Å². The molecule has 1 aromatic carbocycles. The van der Waals surface area contributed by atoms with Gasteiger partial charge >= 0.3 is 0 Å². The highest BCUT2D eigenvalue weighted by molar-refractivity contribution is 7.10. The van der Waals surface area contributed by atoms with Gasteiger partial charge in [0, 0.05) is 17.1 Å². The molecule has 1 aliphatic rings. The number of halogens is 1. The Morgan fingerprint density at radius 1 is 1.34 bits per heavy atom. The predicted molar refractivity (Wildman–Crippen MR) is 105 cm³/mol. The van der Waals surface area contributed by atoms with Crippen molar-refractivity contribution >= 4 is 28.8 Å². The number of nitrogens with one attached hydrogen (secondary N) is 1. The highest BCUT2D eigenvalue weighted by Gasteiger charge is 2.34. The van der Waals surface area contributed by atoms with Crippen molar-refractivity contribution in [3.63, 3.8) is 0 Å². The molecule has 2 aromatic heterocycles. The van der Waals surface area contributed by atoms with E-state index >= 15 is 0 Å². The number of carbonyl (C=O) groups excluding carboxylic acids is 2. The van der Waals surface area contributed by atoms with Crippen LogP contribution in [0.2, 0.25) is 0 Å². The average molecular weight is 414 g/mol. The summed E-state index contributed by atoms with van der Waals surface area (Å²) in [5.41, 5.74) is 0.557. The Morgan fingerprint density at radius 3 is 2.93 bits per heavy atom. The number of thiophene rings is 1. The molecule has 3 heterocycles. The first kappa shape index (κ1) is 19.2. The Hall–Kier alpha value is -3.14. The Balaban J connectivity index is 1.48. The number of aryl methyl sites for hydroxylation is 1. The molecule has 1 unspecified atom stereocenters. The number of hydrogen-bond donors (Lipinski definition) is 1. The molecule has 0 spiro atoms. The van der Waals surface area contributed by atoms with Gasteiger partial charge in [-0.25, -0.2) is 4.39 Å². The first-order chi connectivity index (χ1) is 14.0. The molecule has 2 amide bonds. The topological polar surface area (TPSA) is 93.0 Å². The number of aromatic nitrogens is 4. The van der Waals surface area contributed by atoms with Crippen molar-refractivity contribution in [3.8, 4) is 5.69 Å². The van der Waals surface area contributed by atoms with Crippen LogP contribution in [0.1, 0.15) is 23.5 Å². The maximum absolute atomic E-state index is 14.2. The van der Waals surface area contributed by atoms with Gasteiger partial charge in [0.05, 0.1) is 6.42 Å². The van der Waals surface area contributed by atoms with E-state index in [1.54, 1.807) is 11.8 Å². The average Bonchev–Trinajstić information content (AvgIpc) is 3.44. The Morgan fingerprint density at radius 2 is 2.21 bits per heavy atom. The molecule has 1 atom stereocenters. The lowest BCUT2D eigenvalue weighted by atomic mass is 10.2. The summed E-state index contributed by atoms with van der Waals surface area (Å²) in [6.45, 7) is 2.21. The van der Waals surface area contributed by atoms with E-state index in [9.17, 15) is 14.0 Å². The van der Waals surface area contributed by atoms with Crippen LogP contribution in [-0.4, -0.2) is 49.5 Å². The molecule has 0 aliphatic carbocycles. The van der Waals surface area contributed by atoms with E-state index in [1.807, 2.05) is 17.5 Å². The van der Waals surface area contributed by atoms with Crippen LogP contribution in [0, 0.1) is 12.7 Å². The standard InChI is InChI=1S/C19H19FN6O2S/c1-12-22-23-24-26(12)17-10-13(6-7-15(17)20)21-19(28)16-5-2-8-25(16)18(27)11-14-4-3-9-29-14/h3-4,6-7,9-10,16H,2,5,8,11H2,1H3,(H,21,28). The molecule has 1 N–H and O–H groups in total. The second kappa shape index (κ2) is 8.08. The van der Waals surface area contributed by atoms with Gasteiger partial charge in [0.2, 0.25) is 11.8 Å². The first-order valence-corrected chi connectivity index (χ1v) is 10.1. The van der Waals surface area contributed by atoms with Crippen LogP contribution in [0.3, 0.4) is 0 Å². The summed E-state index contributed by atoms with van der Waals surface area (Å²) in [6, 6.07) is 7.48. The first-order valence-electron chi connectivity index (χ1n) is 9.20. The third kappa shape index (κ3) is 4.02. The van der Waals surface area contributed by atoms with Gasteiger partial charge in [-0.3, -0.25) is 9.59 Å². The normalized spacial score (nSPS) is 16.2. The lowest BCUT2D eigenvalue weighted by Gasteiger charge is -2.24. The van der Waals surface area contributed by atoms with Gasteiger partial charge in [-0.05, 0) is 59.8 Å². The molecule has 29 heavy (non-hydrogen) atoms. The van der Waals surface area contributed by atoms with E-state index in [2.05, 4.69) is 20.8 Å². The molecule has 8 nitrogen and oxygen atoms in total. The lowest BCUT2D eigenvalue weighted by molar-refractivity contribution is -0.136. The number of nitrogens with zero attached hydrogens (tertiary/aromatic N) is 5. The Kier molecular flexibility index (Phi) is 5.34. The van der Waals surface area contributed by atoms with Crippen molar-refractivity contribution in [2.45, 2.75) is 32.2 Å². The van der Waals surface area contributed by atoms with Gasteiger partial charge in [-0.2, -0.15) is 4.68 Å². The number of rotatable bonds is 5. The summed E-state index contributed by atoms with van der Waals surface area (Å²) >= 11 is 1.52. The summed E-state index contributed by atoms with van der Waals surface area (Å²) in [5, 5.41) is 15.8. The van der Waals surface area contributed by atoms with E-state index in [4.69, 9.17) is 0 Å². The summed E-state index contributed by atoms with van der Waals surface area (Å²) in [5.74, 6) is -0.428. The molecule has 150 valence electrons. The second-order valence-corrected chi connectivity index (χ2v) is 7.83. The molecular formula is C19H19FN6O2S. The van der Waals surface area contributed by atoms with E-state index < -0.39 is 11.9 Å². The summed E-state index contributed by atoms with van der Waals surface area (Å²) in [4.78, 5) is 28.1. The fourth-order valence-electron chi connectivity index (χ4n) is 3.43. The van der Waals surface area contributed by atoms with Crippen LogP contribution in [0.25, 0.3) is 5.69 Å². The van der Waals surface area contributed by atoms with Crippen molar-refractivity contribution in [1.29, 1.82) is 0 Å². The monoisotopic (exact) mass is 414 g/mol. The minimum atomic E-state index is -0.536. The Labute approximate surface area is 170 Å². The van der Waals surface area contributed by atoms with Crippen molar-refractivity contribution < 1.29 is 14.0 Å². The van der Waals surface area contributed by atoms with E-state index in [0.29, 0.717) is 30.9 Å². The van der Waals surface area contributed by atoms with Crippen molar-refractivity contribution in [1.82, 2.24) is 25.1 Å². The highest BCUT2D eigenvalue weighted by atomic mass is 32.1. The molecule has 0 saturated carbocycles. The second-order valence-electron chi connectivity index (χ2n) is 6.79. The van der Waals surface area contributed by atoms with Crippen LogP contribution in [0.5, 0.6) is 0 Å². The van der Waals surface area contributed by atoms with Gasteiger partial charge in [-0.1, -0.05) is 6.07 Å². The number of hydrogen-bond acceptors (Lipinski definition) is 6. The van der Waals surface area contributed by atoms with Crippen LogP contribution < -0.4 is 5.32 Å². The van der Waals surface area contributed by atoms with E-state index in [-0.39, 0.29) is 17.5 Å². The summed E-state index contributed by atoms with van der Waals surface area (Å²) in [7, 11) is 0. The third-order valence-corrected chi connectivity index (χ3v) is 5.73. The summed E-state index contributed by atoms with van der Waals surface area (Å²) in [6.07, 6.45) is 1.66. The minimum Gasteiger partial charge on any atom is -0.330 e. The maximum atomic E-state index is 14.2. The van der Waals surface area contributed by atoms with Gasteiger partial charge in [0.25, 0.3) is 0 Å². The zero-order valence-electron chi connectivity index (χ0n) is 15.7. The number of amides is 2. The lowest BCUT2D eigenvalue weighted by Crippen LogP contribution is -2.43. The smallest absolute Gasteiger partial charge is 0.247 e. The number of tetrazole rings is 1. The highest BCUT2D eigenvalue weighted by Crippen LogP contribution is 2.23. The molecular weight excluding hydrogens is 395 g/mol. The largest absolute Gasteiger partial charge is 0.330 e. The fraction of sp³-hybridized carbons (Fsp3) is 0.316. The van der Waals surface area contributed by atoms with Crippen molar-refractivity contribution in [2.24, 2.45) is 0 Å². The third-order valence-electron chi connectivity index (χ3n) is 4.85. The SMILES string of the molecule is Cc1nnnn1-c1cc(NC(=O)C2CCCN2C(=O)Cc2cccs2)ccc1F. The number of benzene rings is 1. The molecule has 4 rings (SSSR count). The van der Waals surface area contributed by atoms with E-state index in [0.717, 1.165) is 11.3 Å². The number of carbonyl (C=O) groups is 2. The van der Waals surface area contributed by atoms with Gasteiger partial charge in [0.15, 0.2) is 5.82 Å². The van der Waals surface area contributed by atoms with Crippen LogP contribution >= 0.6 is 11.3 Å². The zero-order chi connectivity index (χ0) is 20.4. The quantitative estimate of drug-likeness (QED) is 0.692. The molecule has 10 heteroatoms. The van der Waals surface area contributed by atoms with Crippen molar-refractivity contribution in [2.75, 3.05) is 11.9 Å². The molecule has 1 fully saturated rings. The number of anilines is 1. The minimum absolute atomic E-state index is 0.0609. The van der Waals surface area contributed by atoms with Gasteiger partial charge < -0.3 is 10.2 Å². The predicted octanol–water partition coefficient (Wildman–Crippen LogP) is 2.34.